The normalized spacial score (nSPS) is 12.4. The maximum absolute atomic E-state index is 14.2. The number of hydrogen-bond donors (Lipinski definition) is 1. The minimum Gasteiger partial charge on any atom is -0.497 e. The molecule has 0 fully saturated rings. The highest BCUT2D eigenvalue weighted by atomic mass is 32.1. The second-order valence-corrected chi connectivity index (χ2v) is 5.29. The number of methoxy groups -OCH3 is 1. The molecular formula is C15H18FNOS. The van der Waals surface area contributed by atoms with Crippen molar-refractivity contribution in [2.24, 2.45) is 0 Å². The molecule has 19 heavy (non-hydrogen) atoms. The van der Waals surface area contributed by atoms with Crippen LogP contribution in [0.25, 0.3) is 0 Å². The van der Waals surface area contributed by atoms with Crippen LogP contribution in [0.2, 0.25) is 0 Å². The number of nitrogens with one attached hydrogen (secondary N) is 1. The van der Waals surface area contributed by atoms with Crippen LogP contribution >= 0.6 is 11.3 Å². The molecule has 2 rings (SSSR count). The van der Waals surface area contributed by atoms with Gasteiger partial charge in [-0.1, -0.05) is 13.0 Å². The van der Waals surface area contributed by atoms with E-state index in [0.717, 1.165) is 11.4 Å². The molecule has 0 amide bonds. The Morgan fingerprint density at radius 1 is 1.37 bits per heavy atom. The number of rotatable bonds is 5. The molecule has 2 aromatic rings. The number of aryl methyl sites for hydroxylation is 1. The predicted octanol–water partition coefficient (Wildman–Crippen LogP) is 3.90. The van der Waals surface area contributed by atoms with Gasteiger partial charge in [-0.2, -0.15) is 0 Å². The van der Waals surface area contributed by atoms with Gasteiger partial charge in [-0.25, -0.2) is 4.39 Å². The van der Waals surface area contributed by atoms with E-state index in [-0.39, 0.29) is 11.9 Å². The molecule has 0 radical (unpaired) electrons. The molecule has 0 saturated carbocycles. The molecule has 1 unspecified atom stereocenters. The summed E-state index contributed by atoms with van der Waals surface area (Å²) in [5.41, 5.74) is 1.85. The summed E-state index contributed by atoms with van der Waals surface area (Å²) in [7, 11) is 1.54. The molecule has 0 saturated heterocycles. The highest BCUT2D eigenvalue weighted by Gasteiger charge is 2.20. The molecule has 0 bridgehead atoms. The zero-order valence-electron chi connectivity index (χ0n) is 11.4. The summed E-state index contributed by atoms with van der Waals surface area (Å²) in [6.07, 6.45) is 0. The van der Waals surface area contributed by atoms with Crippen LogP contribution in [0, 0.1) is 12.7 Å². The van der Waals surface area contributed by atoms with E-state index in [1.165, 1.54) is 11.6 Å². The van der Waals surface area contributed by atoms with Gasteiger partial charge in [-0.15, -0.1) is 11.3 Å². The van der Waals surface area contributed by atoms with Gasteiger partial charge in [-0.3, -0.25) is 0 Å². The maximum atomic E-state index is 14.2. The Morgan fingerprint density at radius 2 is 2.16 bits per heavy atom. The van der Waals surface area contributed by atoms with Crippen molar-refractivity contribution < 1.29 is 9.13 Å². The van der Waals surface area contributed by atoms with Crippen LogP contribution in [0.4, 0.5) is 4.39 Å². The van der Waals surface area contributed by atoms with Crippen LogP contribution in [0.15, 0.2) is 29.6 Å². The molecular weight excluding hydrogens is 261 g/mol. The predicted molar refractivity (Wildman–Crippen MR) is 77.5 cm³/mol. The molecule has 2 nitrogen and oxygen atoms in total. The molecule has 1 atom stereocenters. The Bertz CT molecular complexity index is 553. The van der Waals surface area contributed by atoms with Crippen LogP contribution in [0.1, 0.15) is 29.0 Å². The van der Waals surface area contributed by atoms with Crippen molar-refractivity contribution in [3.05, 3.63) is 51.5 Å². The van der Waals surface area contributed by atoms with E-state index in [1.54, 1.807) is 30.6 Å². The maximum Gasteiger partial charge on any atom is 0.132 e. The molecule has 1 aromatic heterocycles. The lowest BCUT2D eigenvalue weighted by Crippen LogP contribution is -2.22. The Hall–Kier alpha value is -1.39. The fourth-order valence-corrected chi connectivity index (χ4v) is 3.12. The van der Waals surface area contributed by atoms with Crippen molar-refractivity contribution in [3.8, 4) is 5.75 Å². The molecule has 0 aliphatic heterocycles. The standard InChI is InChI=1S/C15H18FNOS/c1-4-17-14(15-10(2)7-8-19-15)12-6-5-11(18-3)9-13(12)16/h5-9,14,17H,4H2,1-3H3. The largest absolute Gasteiger partial charge is 0.497 e. The van der Waals surface area contributed by atoms with Crippen molar-refractivity contribution in [2.45, 2.75) is 19.9 Å². The molecule has 1 aromatic carbocycles. The number of halogens is 1. The Balaban J connectivity index is 2.42. The van der Waals surface area contributed by atoms with E-state index < -0.39 is 0 Å². The van der Waals surface area contributed by atoms with Crippen LogP contribution in [-0.4, -0.2) is 13.7 Å². The molecule has 102 valence electrons. The quantitative estimate of drug-likeness (QED) is 0.896. The van der Waals surface area contributed by atoms with Gasteiger partial charge in [0.2, 0.25) is 0 Å². The molecule has 1 heterocycles. The van der Waals surface area contributed by atoms with Crippen LogP contribution in [0.3, 0.4) is 0 Å². The van der Waals surface area contributed by atoms with E-state index in [0.29, 0.717) is 11.3 Å². The summed E-state index contributed by atoms with van der Waals surface area (Å²) in [6.45, 7) is 4.86. The third kappa shape index (κ3) is 2.96. The van der Waals surface area contributed by atoms with Gasteiger partial charge in [0.15, 0.2) is 0 Å². The van der Waals surface area contributed by atoms with Crippen molar-refractivity contribution in [3.63, 3.8) is 0 Å². The Kier molecular flexibility index (Phi) is 4.56. The summed E-state index contributed by atoms with van der Waals surface area (Å²) >= 11 is 1.65. The number of thiophene rings is 1. The van der Waals surface area contributed by atoms with Gasteiger partial charge < -0.3 is 10.1 Å². The lowest BCUT2D eigenvalue weighted by Gasteiger charge is -2.19. The zero-order valence-corrected chi connectivity index (χ0v) is 12.2. The van der Waals surface area contributed by atoms with Crippen molar-refractivity contribution in [1.29, 1.82) is 0 Å². The smallest absolute Gasteiger partial charge is 0.132 e. The SMILES string of the molecule is CCNC(c1ccc(OC)cc1F)c1sccc1C. The minimum absolute atomic E-state index is 0.101. The lowest BCUT2D eigenvalue weighted by molar-refractivity contribution is 0.410. The van der Waals surface area contributed by atoms with Gasteiger partial charge in [0.25, 0.3) is 0 Å². The van der Waals surface area contributed by atoms with Crippen LogP contribution < -0.4 is 10.1 Å². The zero-order chi connectivity index (χ0) is 13.8. The molecule has 0 aliphatic carbocycles. The van der Waals surface area contributed by atoms with Crippen LogP contribution in [-0.2, 0) is 0 Å². The fraction of sp³-hybridized carbons (Fsp3) is 0.333. The first-order valence-electron chi connectivity index (χ1n) is 6.28. The average Bonchev–Trinajstić information content (AvgIpc) is 2.82. The third-order valence-corrected chi connectivity index (χ3v) is 4.17. The molecule has 0 spiro atoms. The summed E-state index contributed by atoms with van der Waals surface area (Å²) < 4.78 is 19.3. The lowest BCUT2D eigenvalue weighted by atomic mass is 10.0. The van der Waals surface area contributed by atoms with E-state index in [9.17, 15) is 4.39 Å². The molecule has 1 N–H and O–H groups in total. The Morgan fingerprint density at radius 3 is 2.68 bits per heavy atom. The van der Waals surface area contributed by atoms with Crippen molar-refractivity contribution in [2.75, 3.05) is 13.7 Å². The van der Waals surface area contributed by atoms with Gasteiger partial charge in [0, 0.05) is 16.5 Å². The summed E-state index contributed by atoms with van der Waals surface area (Å²) in [6, 6.07) is 6.98. The summed E-state index contributed by atoms with van der Waals surface area (Å²) in [5, 5.41) is 5.39. The van der Waals surface area contributed by atoms with E-state index in [1.807, 2.05) is 12.3 Å². The monoisotopic (exact) mass is 279 g/mol. The summed E-state index contributed by atoms with van der Waals surface area (Å²) in [4.78, 5) is 1.16. The van der Waals surface area contributed by atoms with Gasteiger partial charge in [0.1, 0.15) is 11.6 Å². The van der Waals surface area contributed by atoms with E-state index >= 15 is 0 Å². The van der Waals surface area contributed by atoms with Crippen molar-refractivity contribution >= 4 is 11.3 Å². The second kappa shape index (κ2) is 6.17. The van der Waals surface area contributed by atoms with Gasteiger partial charge in [-0.05, 0) is 36.5 Å². The highest BCUT2D eigenvalue weighted by Crippen LogP contribution is 2.32. The third-order valence-electron chi connectivity index (χ3n) is 3.09. The van der Waals surface area contributed by atoms with Crippen LogP contribution in [0.5, 0.6) is 5.75 Å². The van der Waals surface area contributed by atoms with E-state index in [4.69, 9.17) is 4.74 Å². The summed E-state index contributed by atoms with van der Waals surface area (Å²) in [5.74, 6) is 0.303. The van der Waals surface area contributed by atoms with Gasteiger partial charge in [0.05, 0.1) is 13.2 Å². The topological polar surface area (TPSA) is 21.3 Å². The highest BCUT2D eigenvalue weighted by molar-refractivity contribution is 7.10. The molecule has 0 aliphatic rings. The first-order chi connectivity index (χ1) is 9.17. The Labute approximate surface area is 117 Å². The number of ether oxygens (including phenoxy) is 1. The first-order valence-corrected chi connectivity index (χ1v) is 7.16. The average molecular weight is 279 g/mol. The first kappa shape index (κ1) is 14.0. The number of benzene rings is 1. The number of hydrogen-bond acceptors (Lipinski definition) is 3. The van der Waals surface area contributed by atoms with Crippen molar-refractivity contribution in [1.82, 2.24) is 5.32 Å². The second-order valence-electron chi connectivity index (χ2n) is 4.35. The van der Waals surface area contributed by atoms with Gasteiger partial charge >= 0.3 is 0 Å². The van der Waals surface area contributed by atoms with E-state index in [2.05, 4.69) is 18.3 Å². The fourth-order valence-electron chi connectivity index (χ4n) is 2.10. The minimum atomic E-state index is -0.238. The molecule has 4 heteroatoms.